The molecule has 2 aromatic carbocycles. The van der Waals surface area contributed by atoms with E-state index in [0.717, 1.165) is 17.1 Å². The van der Waals surface area contributed by atoms with Crippen LogP contribution in [0.5, 0.6) is 0 Å². The molecular formula is C22H19ClN6. The number of nitrogen functional groups attached to an aromatic ring is 1. The fourth-order valence-electron chi connectivity index (χ4n) is 2.95. The van der Waals surface area contributed by atoms with E-state index in [4.69, 9.17) is 17.3 Å². The molecule has 29 heavy (non-hydrogen) atoms. The molecule has 0 aliphatic heterocycles. The fourth-order valence-corrected chi connectivity index (χ4v) is 3.14. The molecule has 2 heterocycles. The van der Waals surface area contributed by atoms with E-state index in [0.29, 0.717) is 28.9 Å². The minimum atomic E-state index is 0.425. The van der Waals surface area contributed by atoms with E-state index >= 15 is 0 Å². The Kier molecular flexibility index (Phi) is 5.54. The van der Waals surface area contributed by atoms with Crippen LogP contribution in [0.15, 0.2) is 85.3 Å². The smallest absolute Gasteiger partial charge is 0.163 e. The van der Waals surface area contributed by atoms with E-state index in [-0.39, 0.29) is 0 Å². The molecule has 6 nitrogen and oxygen atoms in total. The molecule has 0 saturated heterocycles. The fraction of sp³-hybridized carbons (Fsp3) is 0.0455. The maximum atomic E-state index is 6.47. The van der Waals surface area contributed by atoms with Gasteiger partial charge in [0.25, 0.3) is 0 Å². The van der Waals surface area contributed by atoms with Gasteiger partial charge in [-0.2, -0.15) is 0 Å². The van der Waals surface area contributed by atoms with Crippen molar-refractivity contribution < 1.29 is 0 Å². The van der Waals surface area contributed by atoms with Crippen molar-refractivity contribution >= 4 is 40.4 Å². The zero-order valence-corrected chi connectivity index (χ0v) is 16.3. The highest BCUT2D eigenvalue weighted by Gasteiger charge is 2.18. The molecule has 0 fully saturated rings. The minimum absolute atomic E-state index is 0.425. The van der Waals surface area contributed by atoms with Gasteiger partial charge in [0, 0.05) is 16.9 Å². The average molecular weight is 403 g/mol. The molecule has 0 saturated carbocycles. The van der Waals surface area contributed by atoms with Crippen LogP contribution in [0.1, 0.15) is 5.56 Å². The number of nitrogens with zero attached hydrogens (tertiary/aromatic N) is 4. The summed E-state index contributed by atoms with van der Waals surface area (Å²) in [6, 6.07) is 23.2. The van der Waals surface area contributed by atoms with Gasteiger partial charge in [0.1, 0.15) is 17.8 Å². The summed E-state index contributed by atoms with van der Waals surface area (Å²) >= 11 is 6.08. The Balaban J connectivity index is 1.72. The largest absolute Gasteiger partial charge is 0.393 e. The van der Waals surface area contributed by atoms with Crippen molar-refractivity contribution in [2.45, 2.75) is 6.54 Å². The van der Waals surface area contributed by atoms with Crippen molar-refractivity contribution in [3.8, 4) is 0 Å². The van der Waals surface area contributed by atoms with Gasteiger partial charge in [-0.25, -0.2) is 15.0 Å². The first-order valence-electron chi connectivity index (χ1n) is 9.06. The molecule has 144 valence electrons. The van der Waals surface area contributed by atoms with Crippen LogP contribution in [-0.4, -0.2) is 15.0 Å². The van der Waals surface area contributed by atoms with Crippen LogP contribution in [0.3, 0.4) is 0 Å². The van der Waals surface area contributed by atoms with Crippen LogP contribution in [0, 0.1) is 0 Å². The molecule has 0 unspecified atom stereocenters. The SMILES string of the molecule is Nc1c(Nc2cccc(Cl)c2)ncnc1N(Cc1ccccc1)c1ccccn1. The van der Waals surface area contributed by atoms with Gasteiger partial charge in [-0.3, -0.25) is 0 Å². The zero-order chi connectivity index (χ0) is 20.1. The van der Waals surface area contributed by atoms with Gasteiger partial charge < -0.3 is 16.0 Å². The van der Waals surface area contributed by atoms with Gasteiger partial charge in [-0.1, -0.05) is 54.1 Å². The van der Waals surface area contributed by atoms with Crippen LogP contribution >= 0.6 is 11.6 Å². The second-order valence-electron chi connectivity index (χ2n) is 6.35. The van der Waals surface area contributed by atoms with E-state index in [1.54, 1.807) is 6.20 Å². The van der Waals surface area contributed by atoms with Crippen LogP contribution in [0.2, 0.25) is 5.02 Å². The van der Waals surface area contributed by atoms with E-state index < -0.39 is 0 Å². The summed E-state index contributed by atoms with van der Waals surface area (Å²) < 4.78 is 0. The van der Waals surface area contributed by atoms with E-state index in [1.807, 2.05) is 65.6 Å². The number of benzene rings is 2. The average Bonchev–Trinajstić information content (AvgIpc) is 2.75. The predicted octanol–water partition coefficient (Wildman–Crippen LogP) is 5.19. The summed E-state index contributed by atoms with van der Waals surface area (Å²) in [5.74, 6) is 1.83. The number of anilines is 5. The molecule has 0 bridgehead atoms. The second kappa shape index (κ2) is 8.58. The molecule has 4 rings (SSSR count). The van der Waals surface area contributed by atoms with Crippen molar-refractivity contribution in [2.24, 2.45) is 0 Å². The van der Waals surface area contributed by atoms with E-state index in [9.17, 15) is 0 Å². The Morgan fingerprint density at radius 2 is 1.72 bits per heavy atom. The van der Waals surface area contributed by atoms with Crippen molar-refractivity contribution in [3.05, 3.63) is 95.9 Å². The van der Waals surface area contributed by atoms with Gasteiger partial charge >= 0.3 is 0 Å². The number of hydrogen-bond donors (Lipinski definition) is 2. The van der Waals surface area contributed by atoms with Gasteiger partial charge in [-0.15, -0.1) is 0 Å². The first-order chi connectivity index (χ1) is 14.2. The molecule has 0 atom stereocenters. The van der Waals surface area contributed by atoms with Crippen LogP contribution < -0.4 is 16.0 Å². The molecule has 0 amide bonds. The molecule has 0 radical (unpaired) electrons. The van der Waals surface area contributed by atoms with Gasteiger partial charge in [0.05, 0.1) is 6.54 Å². The van der Waals surface area contributed by atoms with Crippen molar-refractivity contribution in [1.82, 2.24) is 15.0 Å². The molecule has 3 N–H and O–H groups in total. The maximum absolute atomic E-state index is 6.47. The predicted molar refractivity (Wildman–Crippen MR) is 118 cm³/mol. The molecule has 4 aromatic rings. The highest BCUT2D eigenvalue weighted by molar-refractivity contribution is 6.30. The third-order valence-corrected chi connectivity index (χ3v) is 4.55. The topological polar surface area (TPSA) is 80.0 Å². The molecule has 0 aliphatic carbocycles. The Labute approximate surface area is 174 Å². The number of nitrogens with one attached hydrogen (secondary N) is 1. The van der Waals surface area contributed by atoms with Gasteiger partial charge in [0.2, 0.25) is 0 Å². The summed E-state index contributed by atoms with van der Waals surface area (Å²) in [5, 5.41) is 3.84. The standard InChI is InChI=1S/C22H19ClN6/c23-17-9-6-10-18(13-17)28-21-20(24)22(27-15-26-21)29(19-11-4-5-12-25-19)14-16-7-2-1-3-8-16/h1-13,15H,14,24H2,(H,26,27,28). The third-order valence-electron chi connectivity index (χ3n) is 4.32. The Bertz CT molecular complexity index is 1090. The second-order valence-corrected chi connectivity index (χ2v) is 6.79. The van der Waals surface area contributed by atoms with E-state index in [1.165, 1.54) is 6.33 Å². The maximum Gasteiger partial charge on any atom is 0.163 e. The lowest BCUT2D eigenvalue weighted by molar-refractivity contribution is 0.918. The lowest BCUT2D eigenvalue weighted by Gasteiger charge is -2.25. The number of hydrogen-bond acceptors (Lipinski definition) is 6. The molecule has 2 aromatic heterocycles. The van der Waals surface area contributed by atoms with Crippen LogP contribution in [0.25, 0.3) is 0 Å². The first kappa shape index (κ1) is 18.7. The molecular weight excluding hydrogens is 384 g/mol. The molecule has 0 spiro atoms. The summed E-state index contributed by atoms with van der Waals surface area (Å²) in [4.78, 5) is 15.2. The van der Waals surface area contributed by atoms with Crippen molar-refractivity contribution in [2.75, 3.05) is 16.0 Å². The van der Waals surface area contributed by atoms with Crippen molar-refractivity contribution in [3.63, 3.8) is 0 Å². The summed E-state index contributed by atoms with van der Waals surface area (Å²) in [6.45, 7) is 0.565. The summed E-state index contributed by atoms with van der Waals surface area (Å²) in [7, 11) is 0. The van der Waals surface area contributed by atoms with E-state index in [2.05, 4.69) is 32.4 Å². The van der Waals surface area contributed by atoms with Crippen LogP contribution in [0.4, 0.5) is 28.8 Å². The van der Waals surface area contributed by atoms with Gasteiger partial charge in [0.15, 0.2) is 11.6 Å². The van der Waals surface area contributed by atoms with Crippen LogP contribution in [-0.2, 0) is 6.54 Å². The highest BCUT2D eigenvalue weighted by Crippen LogP contribution is 2.33. The number of nitrogens with two attached hydrogens (primary N) is 1. The molecule has 0 aliphatic rings. The molecule has 7 heteroatoms. The minimum Gasteiger partial charge on any atom is -0.393 e. The lowest BCUT2D eigenvalue weighted by atomic mass is 10.2. The quantitative estimate of drug-likeness (QED) is 0.462. The third kappa shape index (κ3) is 4.44. The number of rotatable bonds is 6. The highest BCUT2D eigenvalue weighted by atomic mass is 35.5. The Hall–Kier alpha value is -3.64. The summed E-state index contributed by atoms with van der Waals surface area (Å²) in [6.07, 6.45) is 3.23. The van der Waals surface area contributed by atoms with Gasteiger partial charge in [-0.05, 0) is 35.9 Å². The number of pyridine rings is 1. The summed E-state index contributed by atoms with van der Waals surface area (Å²) in [5.41, 5.74) is 8.80. The number of aromatic nitrogens is 3. The monoisotopic (exact) mass is 402 g/mol. The Morgan fingerprint density at radius 3 is 2.48 bits per heavy atom. The Morgan fingerprint density at radius 1 is 0.897 bits per heavy atom. The first-order valence-corrected chi connectivity index (χ1v) is 9.44. The zero-order valence-electron chi connectivity index (χ0n) is 15.5. The van der Waals surface area contributed by atoms with Crippen molar-refractivity contribution in [1.29, 1.82) is 0 Å². The lowest BCUT2D eigenvalue weighted by Crippen LogP contribution is -2.21. The normalized spacial score (nSPS) is 10.5. The number of halogens is 1.